The number of ether oxygens (including phenoxy) is 1. The topological polar surface area (TPSA) is 76.1 Å². The van der Waals surface area contributed by atoms with Gasteiger partial charge in [0.25, 0.3) is 0 Å². The minimum Gasteiger partial charge on any atom is -0.378 e. The van der Waals surface area contributed by atoms with Crippen LogP contribution in [0.1, 0.15) is 11.4 Å². The van der Waals surface area contributed by atoms with Crippen LogP contribution >= 0.6 is 11.3 Å². The number of rotatable bonds is 6. The number of hydrogen-bond acceptors (Lipinski definition) is 6. The van der Waals surface area contributed by atoms with E-state index < -0.39 is 0 Å². The van der Waals surface area contributed by atoms with Crippen molar-refractivity contribution >= 4 is 17.2 Å². The Morgan fingerprint density at radius 1 is 1.43 bits per heavy atom. The standard InChI is InChI=1S/C16H20N4O2S/c21-15(9-13-10-22-8-7-18-13)19-6-3-16-20-14(11-23-16)12-1-4-17-5-2-12/h1-2,4-5,11,13,18H,3,6-10H2,(H,19,21). The van der Waals surface area contributed by atoms with E-state index in [1.165, 1.54) is 0 Å². The summed E-state index contributed by atoms with van der Waals surface area (Å²) in [6.45, 7) is 2.75. The van der Waals surface area contributed by atoms with Crippen LogP contribution < -0.4 is 10.6 Å². The quantitative estimate of drug-likeness (QED) is 0.832. The molecule has 0 aromatic carbocycles. The Bertz CT molecular complexity index is 626. The molecule has 3 heterocycles. The molecule has 23 heavy (non-hydrogen) atoms. The molecule has 1 fully saturated rings. The van der Waals surface area contributed by atoms with Crippen molar-refractivity contribution in [1.82, 2.24) is 20.6 Å². The van der Waals surface area contributed by atoms with E-state index in [1.54, 1.807) is 23.7 Å². The third-order valence-corrected chi connectivity index (χ3v) is 4.53. The number of thiazole rings is 1. The summed E-state index contributed by atoms with van der Waals surface area (Å²) in [4.78, 5) is 20.5. The number of nitrogens with one attached hydrogen (secondary N) is 2. The summed E-state index contributed by atoms with van der Waals surface area (Å²) in [5.41, 5.74) is 2.03. The van der Waals surface area contributed by atoms with Crippen molar-refractivity contribution in [2.45, 2.75) is 18.9 Å². The summed E-state index contributed by atoms with van der Waals surface area (Å²) in [6.07, 6.45) is 4.73. The number of carbonyl (C=O) groups is 1. The lowest BCUT2D eigenvalue weighted by molar-refractivity contribution is -0.122. The van der Waals surface area contributed by atoms with Gasteiger partial charge in [-0.1, -0.05) is 0 Å². The highest BCUT2D eigenvalue weighted by molar-refractivity contribution is 7.09. The van der Waals surface area contributed by atoms with Crippen molar-refractivity contribution < 1.29 is 9.53 Å². The minimum atomic E-state index is 0.0545. The molecule has 1 aliphatic heterocycles. The van der Waals surface area contributed by atoms with E-state index in [4.69, 9.17) is 4.74 Å². The van der Waals surface area contributed by atoms with Gasteiger partial charge in [0.1, 0.15) is 0 Å². The number of carbonyl (C=O) groups excluding carboxylic acids is 1. The zero-order valence-corrected chi connectivity index (χ0v) is 13.6. The number of aromatic nitrogens is 2. The van der Waals surface area contributed by atoms with E-state index >= 15 is 0 Å². The second-order valence-corrected chi connectivity index (χ2v) is 6.34. The van der Waals surface area contributed by atoms with Crippen molar-refractivity contribution in [3.05, 3.63) is 34.9 Å². The third kappa shape index (κ3) is 4.82. The summed E-state index contributed by atoms with van der Waals surface area (Å²) in [7, 11) is 0. The predicted octanol–water partition coefficient (Wildman–Crippen LogP) is 1.24. The molecule has 0 aliphatic carbocycles. The fourth-order valence-electron chi connectivity index (χ4n) is 2.44. The summed E-state index contributed by atoms with van der Waals surface area (Å²) in [5, 5.41) is 9.29. The summed E-state index contributed by atoms with van der Waals surface area (Å²) in [5.74, 6) is 0.0545. The molecule has 3 rings (SSSR count). The Hall–Kier alpha value is -1.83. The Labute approximate surface area is 139 Å². The first-order valence-corrected chi connectivity index (χ1v) is 8.62. The van der Waals surface area contributed by atoms with E-state index in [-0.39, 0.29) is 11.9 Å². The van der Waals surface area contributed by atoms with Gasteiger partial charge in [-0.2, -0.15) is 0 Å². The molecule has 0 bridgehead atoms. The molecule has 1 amide bonds. The van der Waals surface area contributed by atoms with Gasteiger partial charge in [0.2, 0.25) is 5.91 Å². The van der Waals surface area contributed by atoms with Gasteiger partial charge in [-0.3, -0.25) is 9.78 Å². The molecule has 2 N–H and O–H groups in total. The van der Waals surface area contributed by atoms with Crippen LogP contribution in [-0.2, 0) is 16.0 Å². The van der Waals surface area contributed by atoms with E-state index in [2.05, 4.69) is 20.6 Å². The van der Waals surface area contributed by atoms with Crippen molar-refractivity contribution in [2.75, 3.05) is 26.3 Å². The lowest BCUT2D eigenvalue weighted by atomic mass is 10.2. The lowest BCUT2D eigenvalue weighted by Gasteiger charge is -2.23. The normalized spacial score (nSPS) is 17.8. The Balaban J connectivity index is 1.42. The van der Waals surface area contributed by atoms with Gasteiger partial charge in [-0.25, -0.2) is 4.98 Å². The lowest BCUT2D eigenvalue weighted by Crippen LogP contribution is -2.44. The van der Waals surface area contributed by atoms with Gasteiger partial charge in [-0.15, -0.1) is 11.3 Å². The van der Waals surface area contributed by atoms with Crippen molar-refractivity contribution in [2.24, 2.45) is 0 Å². The van der Waals surface area contributed by atoms with Gasteiger partial charge in [0, 0.05) is 55.3 Å². The van der Waals surface area contributed by atoms with Crippen LogP contribution in [0.5, 0.6) is 0 Å². The van der Waals surface area contributed by atoms with Crippen molar-refractivity contribution in [1.29, 1.82) is 0 Å². The Morgan fingerprint density at radius 3 is 3.09 bits per heavy atom. The fraction of sp³-hybridized carbons (Fsp3) is 0.438. The van der Waals surface area contributed by atoms with Crippen LogP contribution in [0.25, 0.3) is 11.3 Å². The highest BCUT2D eigenvalue weighted by Crippen LogP contribution is 2.21. The van der Waals surface area contributed by atoms with Crippen LogP contribution in [0.15, 0.2) is 29.9 Å². The van der Waals surface area contributed by atoms with Crippen LogP contribution in [0.4, 0.5) is 0 Å². The predicted molar refractivity (Wildman–Crippen MR) is 89.3 cm³/mol. The molecule has 1 aliphatic rings. The van der Waals surface area contributed by atoms with Gasteiger partial charge >= 0.3 is 0 Å². The molecule has 2 aromatic heterocycles. The maximum absolute atomic E-state index is 11.9. The average Bonchev–Trinajstić information content (AvgIpc) is 3.05. The summed E-state index contributed by atoms with van der Waals surface area (Å²) in [6, 6.07) is 4.02. The van der Waals surface area contributed by atoms with E-state index in [9.17, 15) is 4.79 Å². The monoisotopic (exact) mass is 332 g/mol. The maximum atomic E-state index is 11.9. The number of amides is 1. The molecule has 7 heteroatoms. The highest BCUT2D eigenvalue weighted by atomic mass is 32.1. The zero-order valence-electron chi connectivity index (χ0n) is 12.8. The first-order chi connectivity index (χ1) is 11.3. The Kier molecular flexibility index (Phi) is 5.68. The molecule has 0 saturated carbocycles. The second-order valence-electron chi connectivity index (χ2n) is 5.39. The first kappa shape index (κ1) is 16.0. The third-order valence-electron chi connectivity index (χ3n) is 3.62. The minimum absolute atomic E-state index is 0.0545. The molecule has 0 radical (unpaired) electrons. The zero-order chi connectivity index (χ0) is 15.9. The average molecular weight is 332 g/mol. The van der Waals surface area contributed by atoms with E-state index in [0.717, 1.165) is 35.8 Å². The molecule has 0 spiro atoms. The van der Waals surface area contributed by atoms with Crippen LogP contribution in [0, 0.1) is 0 Å². The second kappa shape index (κ2) is 8.14. The molecule has 1 unspecified atom stereocenters. The summed E-state index contributed by atoms with van der Waals surface area (Å²) < 4.78 is 5.35. The van der Waals surface area contributed by atoms with Crippen LogP contribution in [-0.4, -0.2) is 48.2 Å². The number of pyridine rings is 1. The number of hydrogen-bond donors (Lipinski definition) is 2. The molecular weight excluding hydrogens is 312 g/mol. The van der Waals surface area contributed by atoms with E-state index in [0.29, 0.717) is 19.6 Å². The smallest absolute Gasteiger partial charge is 0.221 e. The molecule has 122 valence electrons. The molecule has 1 saturated heterocycles. The van der Waals surface area contributed by atoms with Crippen LogP contribution in [0.3, 0.4) is 0 Å². The largest absolute Gasteiger partial charge is 0.378 e. The molecular formula is C16H20N4O2S. The first-order valence-electron chi connectivity index (χ1n) is 7.74. The van der Waals surface area contributed by atoms with Gasteiger partial charge in [0.05, 0.1) is 23.9 Å². The highest BCUT2D eigenvalue weighted by Gasteiger charge is 2.16. The fourth-order valence-corrected chi connectivity index (χ4v) is 3.24. The number of morpholine rings is 1. The maximum Gasteiger partial charge on any atom is 0.221 e. The van der Waals surface area contributed by atoms with Crippen molar-refractivity contribution in [3.63, 3.8) is 0 Å². The summed E-state index contributed by atoms with van der Waals surface area (Å²) >= 11 is 1.62. The molecule has 1 atom stereocenters. The number of nitrogens with zero attached hydrogens (tertiary/aromatic N) is 2. The molecule has 2 aromatic rings. The van der Waals surface area contributed by atoms with Gasteiger partial charge in [0.15, 0.2) is 0 Å². The Morgan fingerprint density at radius 2 is 2.30 bits per heavy atom. The SMILES string of the molecule is O=C(CC1COCCN1)NCCc1nc(-c2ccncc2)cs1. The van der Waals surface area contributed by atoms with Gasteiger partial charge < -0.3 is 15.4 Å². The van der Waals surface area contributed by atoms with Gasteiger partial charge in [-0.05, 0) is 12.1 Å². The van der Waals surface area contributed by atoms with Crippen molar-refractivity contribution in [3.8, 4) is 11.3 Å². The van der Waals surface area contributed by atoms with Crippen LogP contribution in [0.2, 0.25) is 0 Å². The molecule has 6 nitrogen and oxygen atoms in total. The van der Waals surface area contributed by atoms with E-state index in [1.807, 2.05) is 17.5 Å².